The Hall–Kier alpha value is -0.570. The fraction of sp³-hybridized carbons (Fsp3) is 0.938. The molecule has 3 rings (SSSR count). The first kappa shape index (κ1) is 13.4. The van der Waals surface area contributed by atoms with Gasteiger partial charge in [0.05, 0.1) is 12.2 Å². The third-order valence-electron chi connectivity index (χ3n) is 5.57. The van der Waals surface area contributed by atoms with E-state index in [9.17, 15) is 4.79 Å². The molecule has 3 aliphatic rings. The van der Waals surface area contributed by atoms with Crippen LogP contribution in [0.4, 0.5) is 0 Å². The van der Waals surface area contributed by atoms with Crippen LogP contribution in [0, 0.1) is 11.8 Å². The number of hydrogen-bond donors (Lipinski definition) is 1. The van der Waals surface area contributed by atoms with Crippen molar-refractivity contribution in [2.24, 2.45) is 11.8 Å². The lowest BCUT2D eigenvalue weighted by Gasteiger charge is -2.36. The van der Waals surface area contributed by atoms with Crippen LogP contribution in [0.1, 0.15) is 65.2 Å². The normalized spacial score (nSPS) is 46.0. The summed E-state index contributed by atoms with van der Waals surface area (Å²) in [6.07, 6.45) is 9.86. The molecule has 3 nitrogen and oxygen atoms in total. The molecule has 2 aliphatic carbocycles. The Labute approximate surface area is 116 Å². The summed E-state index contributed by atoms with van der Waals surface area (Å²) in [6.45, 7) is 4.17. The van der Waals surface area contributed by atoms with E-state index >= 15 is 0 Å². The van der Waals surface area contributed by atoms with Crippen LogP contribution in [0.15, 0.2) is 0 Å². The minimum absolute atomic E-state index is 0.162. The van der Waals surface area contributed by atoms with Gasteiger partial charge in [-0.25, -0.2) is 0 Å². The lowest BCUT2D eigenvalue weighted by Crippen LogP contribution is -2.51. The number of carbonyl (C=O) groups excluding carboxylic acids is 1. The van der Waals surface area contributed by atoms with Crippen molar-refractivity contribution in [1.82, 2.24) is 5.32 Å². The van der Waals surface area contributed by atoms with E-state index in [2.05, 4.69) is 19.2 Å². The predicted octanol–water partition coefficient (Wildman–Crippen LogP) is 3.03. The van der Waals surface area contributed by atoms with Gasteiger partial charge in [0, 0.05) is 11.5 Å². The van der Waals surface area contributed by atoms with Crippen molar-refractivity contribution >= 4 is 5.91 Å². The molecule has 3 fully saturated rings. The molecular weight excluding hydrogens is 238 g/mol. The second-order valence-corrected chi connectivity index (χ2v) is 7.05. The van der Waals surface area contributed by atoms with E-state index in [1.165, 1.54) is 38.5 Å². The van der Waals surface area contributed by atoms with Gasteiger partial charge >= 0.3 is 0 Å². The van der Waals surface area contributed by atoms with Crippen molar-refractivity contribution in [3.05, 3.63) is 0 Å². The maximum Gasteiger partial charge on any atom is 0.223 e. The van der Waals surface area contributed by atoms with Gasteiger partial charge in [0.2, 0.25) is 5.91 Å². The number of hydrogen-bond acceptors (Lipinski definition) is 2. The zero-order chi connectivity index (χ0) is 13.5. The van der Waals surface area contributed by atoms with Gasteiger partial charge in [-0.1, -0.05) is 12.8 Å². The standard InChI is InChI=1S/C16H27NO2/c1-11-9-13(10-12(2)19-11)15(18)17-16-7-3-5-14(16)6-4-8-16/h11-14H,3-10H2,1-2H3,(H,17,18)/t11-,12+,13?,14?,16?. The highest BCUT2D eigenvalue weighted by atomic mass is 16.5. The minimum atomic E-state index is 0.162. The molecule has 0 aromatic rings. The van der Waals surface area contributed by atoms with E-state index in [4.69, 9.17) is 4.74 Å². The Balaban J connectivity index is 1.64. The van der Waals surface area contributed by atoms with Gasteiger partial charge < -0.3 is 10.1 Å². The summed E-state index contributed by atoms with van der Waals surface area (Å²) in [5.41, 5.74) is 0.169. The third-order valence-corrected chi connectivity index (χ3v) is 5.57. The molecule has 0 aromatic carbocycles. The monoisotopic (exact) mass is 265 g/mol. The Bertz CT molecular complexity index is 335. The zero-order valence-corrected chi connectivity index (χ0v) is 12.3. The zero-order valence-electron chi connectivity index (χ0n) is 12.3. The average Bonchev–Trinajstić information content (AvgIpc) is 2.86. The second kappa shape index (κ2) is 5.08. The van der Waals surface area contributed by atoms with Crippen molar-refractivity contribution in [1.29, 1.82) is 0 Å². The average molecular weight is 265 g/mol. The molecule has 0 aromatic heterocycles. The summed E-state index contributed by atoms with van der Waals surface area (Å²) < 4.78 is 5.74. The van der Waals surface area contributed by atoms with Crippen LogP contribution < -0.4 is 5.32 Å². The van der Waals surface area contributed by atoms with Gasteiger partial charge in [-0.3, -0.25) is 4.79 Å². The lowest BCUT2D eigenvalue weighted by atomic mass is 9.87. The number of amides is 1. The van der Waals surface area contributed by atoms with E-state index in [1.807, 2.05) is 0 Å². The molecule has 0 bridgehead atoms. The fourth-order valence-electron chi connectivity index (χ4n) is 4.75. The highest BCUT2D eigenvalue weighted by molar-refractivity contribution is 5.79. The topological polar surface area (TPSA) is 38.3 Å². The quantitative estimate of drug-likeness (QED) is 0.833. The molecule has 1 aliphatic heterocycles. The van der Waals surface area contributed by atoms with Crippen molar-refractivity contribution < 1.29 is 9.53 Å². The maximum atomic E-state index is 12.6. The van der Waals surface area contributed by atoms with Gasteiger partial charge in [-0.05, 0) is 58.3 Å². The van der Waals surface area contributed by atoms with Gasteiger partial charge in [0.25, 0.3) is 0 Å². The maximum absolute atomic E-state index is 12.6. The summed E-state index contributed by atoms with van der Waals surface area (Å²) in [6, 6.07) is 0. The first-order valence-corrected chi connectivity index (χ1v) is 8.06. The van der Waals surface area contributed by atoms with E-state index in [0.29, 0.717) is 5.91 Å². The van der Waals surface area contributed by atoms with Gasteiger partial charge in [0.1, 0.15) is 0 Å². The van der Waals surface area contributed by atoms with Gasteiger partial charge in [0.15, 0.2) is 0 Å². The SMILES string of the molecule is C[C@@H]1CC(C(=O)NC23CCCC2CCC3)C[C@H](C)O1. The van der Waals surface area contributed by atoms with E-state index in [0.717, 1.165) is 18.8 Å². The Morgan fingerprint density at radius 2 is 1.68 bits per heavy atom. The summed E-state index contributed by atoms with van der Waals surface area (Å²) >= 11 is 0. The van der Waals surface area contributed by atoms with E-state index in [-0.39, 0.29) is 23.7 Å². The van der Waals surface area contributed by atoms with Crippen LogP contribution >= 0.6 is 0 Å². The molecule has 0 radical (unpaired) electrons. The van der Waals surface area contributed by atoms with Gasteiger partial charge in [-0.15, -0.1) is 0 Å². The number of ether oxygens (including phenoxy) is 1. The molecule has 3 heteroatoms. The molecule has 1 amide bonds. The van der Waals surface area contributed by atoms with Crippen LogP contribution in [-0.2, 0) is 9.53 Å². The molecule has 19 heavy (non-hydrogen) atoms. The summed E-state index contributed by atoms with van der Waals surface area (Å²) in [5.74, 6) is 1.22. The molecule has 1 saturated heterocycles. The third kappa shape index (κ3) is 2.54. The first-order chi connectivity index (χ1) is 9.09. The van der Waals surface area contributed by atoms with Crippen LogP contribution in [-0.4, -0.2) is 23.7 Å². The Morgan fingerprint density at radius 1 is 1.11 bits per heavy atom. The smallest absolute Gasteiger partial charge is 0.223 e. The van der Waals surface area contributed by atoms with Crippen LogP contribution in [0.25, 0.3) is 0 Å². The molecule has 1 N–H and O–H groups in total. The first-order valence-electron chi connectivity index (χ1n) is 8.06. The molecule has 108 valence electrons. The van der Waals surface area contributed by atoms with Crippen molar-refractivity contribution in [2.75, 3.05) is 0 Å². The van der Waals surface area contributed by atoms with Gasteiger partial charge in [-0.2, -0.15) is 0 Å². The molecule has 2 saturated carbocycles. The van der Waals surface area contributed by atoms with Crippen molar-refractivity contribution in [2.45, 2.75) is 83.0 Å². The summed E-state index contributed by atoms with van der Waals surface area (Å²) in [4.78, 5) is 12.6. The lowest BCUT2D eigenvalue weighted by molar-refractivity contribution is -0.135. The molecule has 1 heterocycles. The molecule has 0 spiro atoms. The number of fused-ring (bicyclic) bond motifs is 1. The fourth-order valence-corrected chi connectivity index (χ4v) is 4.75. The second-order valence-electron chi connectivity index (χ2n) is 7.05. The molecular formula is C16H27NO2. The summed E-state index contributed by atoms with van der Waals surface area (Å²) in [7, 11) is 0. The van der Waals surface area contributed by atoms with E-state index in [1.54, 1.807) is 0 Å². The van der Waals surface area contributed by atoms with Crippen molar-refractivity contribution in [3.63, 3.8) is 0 Å². The Morgan fingerprint density at radius 3 is 2.26 bits per heavy atom. The van der Waals surface area contributed by atoms with Crippen LogP contribution in [0.2, 0.25) is 0 Å². The number of rotatable bonds is 2. The minimum Gasteiger partial charge on any atom is -0.376 e. The highest BCUT2D eigenvalue weighted by Gasteiger charge is 2.47. The van der Waals surface area contributed by atoms with Crippen LogP contribution in [0.3, 0.4) is 0 Å². The van der Waals surface area contributed by atoms with E-state index < -0.39 is 0 Å². The Kier molecular flexibility index (Phi) is 3.59. The van der Waals surface area contributed by atoms with Crippen molar-refractivity contribution in [3.8, 4) is 0 Å². The molecule has 1 unspecified atom stereocenters. The number of nitrogens with one attached hydrogen (secondary N) is 1. The number of carbonyl (C=O) groups is 1. The predicted molar refractivity (Wildman–Crippen MR) is 74.8 cm³/mol. The largest absolute Gasteiger partial charge is 0.376 e. The highest BCUT2D eigenvalue weighted by Crippen LogP contribution is 2.47. The summed E-state index contributed by atoms with van der Waals surface area (Å²) in [5, 5.41) is 3.47. The van der Waals surface area contributed by atoms with Crippen LogP contribution in [0.5, 0.6) is 0 Å². The molecule has 3 atom stereocenters.